The van der Waals surface area contributed by atoms with Gasteiger partial charge in [0.25, 0.3) is 0 Å². The van der Waals surface area contributed by atoms with E-state index < -0.39 is 0 Å². The van der Waals surface area contributed by atoms with Crippen LogP contribution in [0, 0.1) is 11.8 Å². The van der Waals surface area contributed by atoms with Crippen molar-refractivity contribution in [2.24, 2.45) is 11.8 Å². The number of carbonyl (C=O) groups excluding carboxylic acids is 1. The van der Waals surface area contributed by atoms with Crippen molar-refractivity contribution in [2.75, 3.05) is 13.7 Å². The number of esters is 1. The summed E-state index contributed by atoms with van der Waals surface area (Å²) in [5.74, 6) is 1.13. The number of ether oxygens (including phenoxy) is 1. The normalized spacial score (nSPS) is 12.5. The van der Waals surface area contributed by atoms with Gasteiger partial charge in [-0.1, -0.05) is 45.0 Å². The van der Waals surface area contributed by atoms with E-state index in [4.69, 9.17) is 4.74 Å². The Morgan fingerprint density at radius 1 is 1.21 bits per heavy atom. The second-order valence-electron chi connectivity index (χ2n) is 5.37. The molecular formula is C16H25NO2. The van der Waals surface area contributed by atoms with E-state index in [-0.39, 0.29) is 5.97 Å². The minimum atomic E-state index is -0.192. The first-order chi connectivity index (χ1) is 9.04. The number of benzene rings is 1. The summed E-state index contributed by atoms with van der Waals surface area (Å²) < 4.78 is 4.72. The van der Waals surface area contributed by atoms with Crippen LogP contribution in [0.25, 0.3) is 0 Å². The molecule has 1 rings (SSSR count). The van der Waals surface area contributed by atoms with Crippen LogP contribution in [0.3, 0.4) is 0 Å². The van der Waals surface area contributed by atoms with Crippen LogP contribution < -0.4 is 5.32 Å². The Morgan fingerprint density at radius 2 is 1.84 bits per heavy atom. The zero-order valence-corrected chi connectivity index (χ0v) is 12.4. The highest BCUT2D eigenvalue weighted by Gasteiger charge is 2.09. The lowest BCUT2D eigenvalue weighted by molar-refractivity contribution is -0.139. The van der Waals surface area contributed by atoms with Gasteiger partial charge in [0.05, 0.1) is 13.5 Å². The Hall–Kier alpha value is -1.35. The van der Waals surface area contributed by atoms with Gasteiger partial charge in [0.2, 0.25) is 0 Å². The summed E-state index contributed by atoms with van der Waals surface area (Å²) in [7, 11) is 1.42. The molecule has 1 unspecified atom stereocenters. The lowest BCUT2D eigenvalue weighted by Crippen LogP contribution is -2.24. The molecule has 0 amide bonds. The van der Waals surface area contributed by atoms with Crippen LogP contribution in [-0.4, -0.2) is 19.6 Å². The van der Waals surface area contributed by atoms with Crippen LogP contribution in [0.2, 0.25) is 0 Å². The first-order valence-corrected chi connectivity index (χ1v) is 6.89. The van der Waals surface area contributed by atoms with Crippen LogP contribution in [0.1, 0.15) is 31.9 Å². The Balaban J connectivity index is 2.55. The molecular weight excluding hydrogens is 238 g/mol. The molecule has 19 heavy (non-hydrogen) atoms. The SMILES string of the molecule is COC(=O)Cc1ccccc1CNCC(C)C(C)C. The Bertz CT molecular complexity index is 401. The number of nitrogens with one attached hydrogen (secondary N) is 1. The van der Waals surface area contributed by atoms with Crippen molar-refractivity contribution in [1.29, 1.82) is 0 Å². The zero-order chi connectivity index (χ0) is 14.3. The van der Waals surface area contributed by atoms with E-state index in [0.717, 1.165) is 18.7 Å². The fourth-order valence-corrected chi connectivity index (χ4v) is 1.80. The summed E-state index contributed by atoms with van der Waals surface area (Å²) in [4.78, 5) is 11.4. The third kappa shape index (κ3) is 5.43. The zero-order valence-electron chi connectivity index (χ0n) is 12.4. The van der Waals surface area contributed by atoms with Crippen LogP contribution >= 0.6 is 0 Å². The molecule has 106 valence electrons. The van der Waals surface area contributed by atoms with Crippen molar-refractivity contribution < 1.29 is 9.53 Å². The summed E-state index contributed by atoms with van der Waals surface area (Å²) in [6.07, 6.45) is 0.341. The number of hydrogen-bond donors (Lipinski definition) is 1. The summed E-state index contributed by atoms with van der Waals surface area (Å²) in [6.45, 7) is 8.50. The number of hydrogen-bond acceptors (Lipinski definition) is 3. The topological polar surface area (TPSA) is 38.3 Å². The van der Waals surface area contributed by atoms with Gasteiger partial charge in [-0.2, -0.15) is 0 Å². The highest BCUT2D eigenvalue weighted by molar-refractivity contribution is 5.72. The van der Waals surface area contributed by atoms with E-state index in [9.17, 15) is 4.79 Å². The van der Waals surface area contributed by atoms with Crippen LogP contribution in [0.5, 0.6) is 0 Å². The van der Waals surface area contributed by atoms with Crippen molar-refractivity contribution >= 4 is 5.97 Å². The van der Waals surface area contributed by atoms with E-state index in [0.29, 0.717) is 18.3 Å². The van der Waals surface area contributed by atoms with Gasteiger partial charge in [0, 0.05) is 6.54 Å². The van der Waals surface area contributed by atoms with E-state index >= 15 is 0 Å². The molecule has 0 bridgehead atoms. The highest BCUT2D eigenvalue weighted by Crippen LogP contribution is 2.12. The molecule has 3 heteroatoms. The van der Waals surface area contributed by atoms with E-state index in [1.165, 1.54) is 12.7 Å². The minimum Gasteiger partial charge on any atom is -0.469 e. The standard InChI is InChI=1S/C16H25NO2/c1-12(2)13(3)10-17-11-15-8-6-5-7-14(15)9-16(18)19-4/h5-8,12-13,17H,9-11H2,1-4H3. The second kappa shape index (κ2) is 7.95. The van der Waals surface area contributed by atoms with Gasteiger partial charge in [0.1, 0.15) is 0 Å². The molecule has 0 saturated carbocycles. The van der Waals surface area contributed by atoms with Gasteiger partial charge < -0.3 is 10.1 Å². The van der Waals surface area contributed by atoms with Crippen molar-refractivity contribution in [3.8, 4) is 0 Å². The Kier molecular flexibility index (Phi) is 6.57. The predicted octanol–water partition coefficient (Wildman–Crippen LogP) is 2.78. The molecule has 1 N–H and O–H groups in total. The molecule has 0 heterocycles. The predicted molar refractivity (Wildman–Crippen MR) is 77.9 cm³/mol. The first kappa shape index (κ1) is 15.7. The van der Waals surface area contributed by atoms with E-state index in [2.05, 4.69) is 32.2 Å². The van der Waals surface area contributed by atoms with Gasteiger partial charge >= 0.3 is 5.97 Å². The third-order valence-electron chi connectivity index (χ3n) is 3.60. The molecule has 0 spiro atoms. The molecule has 0 aliphatic carbocycles. The fraction of sp³-hybridized carbons (Fsp3) is 0.562. The third-order valence-corrected chi connectivity index (χ3v) is 3.60. The summed E-state index contributed by atoms with van der Waals surface area (Å²) in [6, 6.07) is 8.01. The summed E-state index contributed by atoms with van der Waals surface area (Å²) >= 11 is 0. The number of carbonyl (C=O) groups is 1. The highest BCUT2D eigenvalue weighted by atomic mass is 16.5. The Morgan fingerprint density at radius 3 is 2.42 bits per heavy atom. The van der Waals surface area contributed by atoms with Gasteiger partial charge in [-0.05, 0) is 29.5 Å². The largest absolute Gasteiger partial charge is 0.469 e. The van der Waals surface area contributed by atoms with Gasteiger partial charge in [0.15, 0.2) is 0 Å². The lowest BCUT2D eigenvalue weighted by Gasteiger charge is -2.17. The van der Waals surface area contributed by atoms with Crippen molar-refractivity contribution in [1.82, 2.24) is 5.32 Å². The average molecular weight is 263 g/mol. The second-order valence-corrected chi connectivity index (χ2v) is 5.37. The number of methoxy groups -OCH3 is 1. The van der Waals surface area contributed by atoms with Gasteiger partial charge in [-0.15, -0.1) is 0 Å². The molecule has 0 aliphatic rings. The molecule has 0 aromatic heterocycles. The molecule has 0 radical (unpaired) electrons. The van der Waals surface area contributed by atoms with Gasteiger partial charge in [-0.3, -0.25) is 4.79 Å². The van der Waals surface area contributed by atoms with Crippen LogP contribution in [0.15, 0.2) is 24.3 Å². The molecule has 0 fully saturated rings. The van der Waals surface area contributed by atoms with Crippen LogP contribution in [-0.2, 0) is 22.5 Å². The fourth-order valence-electron chi connectivity index (χ4n) is 1.80. The minimum absolute atomic E-state index is 0.192. The maximum Gasteiger partial charge on any atom is 0.309 e. The average Bonchev–Trinajstić information content (AvgIpc) is 2.40. The Labute approximate surface area is 116 Å². The quantitative estimate of drug-likeness (QED) is 0.769. The van der Waals surface area contributed by atoms with Crippen molar-refractivity contribution in [3.05, 3.63) is 35.4 Å². The van der Waals surface area contributed by atoms with Crippen molar-refractivity contribution in [3.63, 3.8) is 0 Å². The monoisotopic (exact) mass is 263 g/mol. The molecule has 0 aliphatic heterocycles. The van der Waals surface area contributed by atoms with Gasteiger partial charge in [-0.25, -0.2) is 0 Å². The lowest BCUT2D eigenvalue weighted by atomic mass is 9.98. The number of rotatable bonds is 7. The molecule has 0 saturated heterocycles. The van der Waals surface area contributed by atoms with E-state index in [1.807, 2.05) is 18.2 Å². The molecule has 1 aromatic rings. The maximum atomic E-state index is 11.4. The smallest absolute Gasteiger partial charge is 0.309 e. The summed E-state index contributed by atoms with van der Waals surface area (Å²) in [5, 5.41) is 3.46. The molecule has 1 atom stereocenters. The van der Waals surface area contributed by atoms with Crippen molar-refractivity contribution in [2.45, 2.75) is 33.7 Å². The molecule has 1 aromatic carbocycles. The van der Waals surface area contributed by atoms with E-state index in [1.54, 1.807) is 0 Å². The first-order valence-electron chi connectivity index (χ1n) is 6.89. The maximum absolute atomic E-state index is 11.4. The molecule has 3 nitrogen and oxygen atoms in total. The summed E-state index contributed by atoms with van der Waals surface area (Å²) in [5.41, 5.74) is 2.21. The van der Waals surface area contributed by atoms with Crippen LogP contribution in [0.4, 0.5) is 0 Å².